The Kier molecular flexibility index (Phi) is 6.32. The van der Waals surface area contributed by atoms with Crippen molar-refractivity contribution in [3.63, 3.8) is 0 Å². The van der Waals surface area contributed by atoms with Gasteiger partial charge in [0.2, 0.25) is 0 Å². The molecular weight excluding hydrogens is 244 g/mol. The van der Waals surface area contributed by atoms with Gasteiger partial charge in [0, 0.05) is 19.1 Å². The van der Waals surface area contributed by atoms with Crippen molar-refractivity contribution in [1.29, 1.82) is 0 Å². The van der Waals surface area contributed by atoms with Crippen molar-refractivity contribution < 1.29 is 14.6 Å². The first-order chi connectivity index (χ1) is 8.99. The lowest BCUT2D eigenvalue weighted by atomic mass is 10.2. The first-order valence-corrected chi connectivity index (χ1v) is 6.38. The van der Waals surface area contributed by atoms with Crippen LogP contribution in [-0.2, 0) is 11.3 Å². The summed E-state index contributed by atoms with van der Waals surface area (Å²) in [5, 5.41) is 9.19. The second kappa shape index (κ2) is 7.76. The predicted molar refractivity (Wildman–Crippen MR) is 73.9 cm³/mol. The molecule has 0 bridgehead atoms. The Bertz CT molecular complexity index is 382. The molecule has 19 heavy (non-hydrogen) atoms. The molecule has 0 saturated heterocycles. The molecule has 1 unspecified atom stereocenters. The molecule has 106 valence electrons. The van der Waals surface area contributed by atoms with Crippen LogP contribution in [0.5, 0.6) is 0 Å². The number of hydrogen-bond donors (Lipinski definition) is 2. The van der Waals surface area contributed by atoms with E-state index in [0.29, 0.717) is 13.2 Å². The van der Waals surface area contributed by atoms with Gasteiger partial charge in [0.25, 0.3) is 0 Å². The van der Waals surface area contributed by atoms with Crippen molar-refractivity contribution in [1.82, 2.24) is 4.90 Å². The topological polar surface area (TPSA) is 75.8 Å². The fourth-order valence-corrected chi connectivity index (χ4v) is 1.67. The third-order valence-corrected chi connectivity index (χ3v) is 2.59. The summed E-state index contributed by atoms with van der Waals surface area (Å²) < 4.78 is 5.39. The summed E-state index contributed by atoms with van der Waals surface area (Å²) >= 11 is 0. The minimum Gasteiger partial charge on any atom is -0.465 e. The summed E-state index contributed by atoms with van der Waals surface area (Å²) in [4.78, 5) is 12.5. The maximum Gasteiger partial charge on any atom is 0.407 e. The number of nitrogens with two attached hydrogens (primary N) is 1. The molecule has 1 atom stereocenters. The number of ether oxygens (including phenoxy) is 1. The number of benzene rings is 1. The predicted octanol–water partition coefficient (Wildman–Crippen LogP) is 1.92. The number of rotatable bonds is 7. The molecule has 0 aromatic heterocycles. The zero-order chi connectivity index (χ0) is 14.3. The standard InChI is InChI=1S/C14H22N2O3/c1-11(2)19-10-13(15)9-16(14(17)18)8-12-6-4-3-5-7-12/h3-7,11,13H,8-10,15H2,1-2H3,(H,17,18). The van der Waals surface area contributed by atoms with Crippen LogP contribution < -0.4 is 5.73 Å². The molecule has 5 nitrogen and oxygen atoms in total. The largest absolute Gasteiger partial charge is 0.465 e. The minimum atomic E-state index is -0.969. The number of nitrogens with zero attached hydrogens (tertiary/aromatic N) is 1. The van der Waals surface area contributed by atoms with Crippen LogP contribution >= 0.6 is 0 Å². The Morgan fingerprint density at radius 2 is 2.00 bits per heavy atom. The lowest BCUT2D eigenvalue weighted by Gasteiger charge is -2.23. The van der Waals surface area contributed by atoms with Crippen LogP contribution in [0.1, 0.15) is 19.4 Å². The average Bonchev–Trinajstić information content (AvgIpc) is 2.36. The second-order valence-corrected chi connectivity index (χ2v) is 4.79. The molecular formula is C14H22N2O3. The lowest BCUT2D eigenvalue weighted by Crippen LogP contribution is -2.42. The van der Waals surface area contributed by atoms with Gasteiger partial charge in [0.1, 0.15) is 0 Å². The van der Waals surface area contributed by atoms with Crippen LogP contribution in [0, 0.1) is 0 Å². The Morgan fingerprint density at radius 3 is 2.53 bits per heavy atom. The number of carbonyl (C=O) groups is 1. The summed E-state index contributed by atoms with van der Waals surface area (Å²) in [6.07, 6.45) is -0.873. The lowest BCUT2D eigenvalue weighted by molar-refractivity contribution is 0.0592. The molecule has 0 aliphatic rings. The third kappa shape index (κ3) is 6.22. The van der Waals surface area contributed by atoms with Crippen LogP contribution in [0.25, 0.3) is 0 Å². The maximum atomic E-state index is 11.2. The number of carboxylic acid groups (broad SMARTS) is 1. The minimum absolute atomic E-state index is 0.0958. The van der Waals surface area contributed by atoms with E-state index in [2.05, 4.69) is 0 Å². The van der Waals surface area contributed by atoms with E-state index in [-0.39, 0.29) is 18.7 Å². The van der Waals surface area contributed by atoms with Crippen LogP contribution in [0.3, 0.4) is 0 Å². The van der Waals surface area contributed by atoms with E-state index in [0.717, 1.165) is 5.56 Å². The zero-order valence-electron chi connectivity index (χ0n) is 11.5. The Hall–Kier alpha value is -1.59. The molecule has 0 aliphatic carbocycles. The molecule has 0 aliphatic heterocycles. The van der Waals surface area contributed by atoms with Gasteiger partial charge in [-0.15, -0.1) is 0 Å². The smallest absolute Gasteiger partial charge is 0.407 e. The van der Waals surface area contributed by atoms with Gasteiger partial charge < -0.3 is 20.5 Å². The van der Waals surface area contributed by atoms with E-state index in [9.17, 15) is 9.90 Å². The summed E-state index contributed by atoms with van der Waals surface area (Å²) in [5.74, 6) is 0. The normalized spacial score (nSPS) is 12.4. The molecule has 3 N–H and O–H groups in total. The monoisotopic (exact) mass is 266 g/mol. The Balaban J connectivity index is 2.51. The van der Waals surface area contributed by atoms with E-state index in [1.807, 2.05) is 44.2 Å². The summed E-state index contributed by atoms with van der Waals surface area (Å²) in [6.45, 7) is 4.80. The van der Waals surface area contributed by atoms with Gasteiger partial charge in [-0.1, -0.05) is 30.3 Å². The zero-order valence-corrected chi connectivity index (χ0v) is 11.5. The molecule has 0 saturated carbocycles. The summed E-state index contributed by atoms with van der Waals surface area (Å²) in [7, 11) is 0. The molecule has 1 aromatic rings. The molecule has 0 fully saturated rings. The number of amides is 1. The van der Waals surface area contributed by atoms with Crippen LogP contribution in [0.4, 0.5) is 4.79 Å². The molecule has 1 rings (SSSR count). The highest BCUT2D eigenvalue weighted by atomic mass is 16.5. The van der Waals surface area contributed by atoms with Gasteiger partial charge in [-0.25, -0.2) is 4.79 Å². The summed E-state index contributed by atoms with van der Waals surface area (Å²) in [6, 6.07) is 9.14. The summed E-state index contributed by atoms with van der Waals surface area (Å²) in [5.41, 5.74) is 6.83. The molecule has 0 heterocycles. The van der Waals surface area contributed by atoms with Gasteiger partial charge in [0.05, 0.1) is 12.7 Å². The van der Waals surface area contributed by atoms with Gasteiger partial charge in [-0.05, 0) is 19.4 Å². The van der Waals surface area contributed by atoms with Gasteiger partial charge in [-0.3, -0.25) is 0 Å². The van der Waals surface area contributed by atoms with Crippen molar-refractivity contribution in [3.05, 3.63) is 35.9 Å². The van der Waals surface area contributed by atoms with Crippen molar-refractivity contribution in [3.8, 4) is 0 Å². The van der Waals surface area contributed by atoms with Gasteiger partial charge >= 0.3 is 6.09 Å². The highest BCUT2D eigenvalue weighted by Gasteiger charge is 2.16. The van der Waals surface area contributed by atoms with E-state index < -0.39 is 6.09 Å². The fourth-order valence-electron chi connectivity index (χ4n) is 1.67. The van der Waals surface area contributed by atoms with Crippen LogP contribution in [0.15, 0.2) is 30.3 Å². The molecule has 0 radical (unpaired) electrons. The van der Waals surface area contributed by atoms with Gasteiger partial charge in [0.15, 0.2) is 0 Å². The molecule has 1 amide bonds. The van der Waals surface area contributed by atoms with Crippen molar-refractivity contribution in [2.24, 2.45) is 5.73 Å². The first kappa shape index (κ1) is 15.5. The van der Waals surface area contributed by atoms with E-state index in [1.165, 1.54) is 4.90 Å². The molecule has 1 aromatic carbocycles. The van der Waals surface area contributed by atoms with E-state index in [4.69, 9.17) is 10.5 Å². The van der Waals surface area contributed by atoms with Crippen molar-refractivity contribution >= 4 is 6.09 Å². The van der Waals surface area contributed by atoms with E-state index >= 15 is 0 Å². The Labute approximate surface area is 114 Å². The average molecular weight is 266 g/mol. The second-order valence-electron chi connectivity index (χ2n) is 4.79. The van der Waals surface area contributed by atoms with Crippen LogP contribution in [-0.4, -0.2) is 41.4 Å². The Morgan fingerprint density at radius 1 is 1.37 bits per heavy atom. The number of hydrogen-bond acceptors (Lipinski definition) is 3. The maximum absolute atomic E-state index is 11.2. The fraction of sp³-hybridized carbons (Fsp3) is 0.500. The highest BCUT2D eigenvalue weighted by Crippen LogP contribution is 2.05. The van der Waals surface area contributed by atoms with Gasteiger partial charge in [-0.2, -0.15) is 0 Å². The highest BCUT2D eigenvalue weighted by molar-refractivity contribution is 5.65. The third-order valence-electron chi connectivity index (χ3n) is 2.59. The van der Waals surface area contributed by atoms with Crippen molar-refractivity contribution in [2.45, 2.75) is 32.5 Å². The van der Waals surface area contributed by atoms with E-state index in [1.54, 1.807) is 0 Å². The van der Waals surface area contributed by atoms with Crippen LogP contribution in [0.2, 0.25) is 0 Å². The quantitative estimate of drug-likeness (QED) is 0.790. The molecule has 0 spiro atoms. The first-order valence-electron chi connectivity index (χ1n) is 6.38. The molecule has 5 heteroatoms. The SMILES string of the molecule is CC(C)OCC(N)CN(Cc1ccccc1)C(=O)O. The van der Waals surface area contributed by atoms with Crippen molar-refractivity contribution in [2.75, 3.05) is 13.2 Å².